The molecule has 5 nitrogen and oxygen atoms in total. The van der Waals surface area contributed by atoms with Crippen molar-refractivity contribution in [2.24, 2.45) is 0 Å². The molecule has 3 heterocycles. The Bertz CT molecular complexity index is 3150. The molecule has 6 aromatic carbocycles. The number of pyridine rings is 1. The van der Waals surface area contributed by atoms with Crippen molar-refractivity contribution in [2.75, 3.05) is 0 Å². The molecule has 9 rings (SSSR count). The summed E-state index contributed by atoms with van der Waals surface area (Å²) in [5.74, 6) is 0.874. The van der Waals surface area contributed by atoms with Crippen LogP contribution in [0.1, 0.15) is 98.9 Å². The fraction of sp³-hybridized carbons (Fsp3) is 0.263. The molecule has 1 N–H and O–H groups in total. The van der Waals surface area contributed by atoms with Gasteiger partial charge >= 0.3 is 0 Å². The van der Waals surface area contributed by atoms with E-state index in [4.69, 9.17) is 9.97 Å². The number of benzene rings is 6. The van der Waals surface area contributed by atoms with Crippen LogP contribution in [0.5, 0.6) is 5.75 Å². The Morgan fingerprint density at radius 2 is 1.14 bits per heavy atom. The third-order valence-electron chi connectivity index (χ3n) is 12.4. The van der Waals surface area contributed by atoms with Crippen molar-refractivity contribution in [1.29, 1.82) is 0 Å². The average molecular weight is 1010 g/mol. The number of imidazole rings is 1. The summed E-state index contributed by atoms with van der Waals surface area (Å²) in [4.78, 5) is 10.5. The van der Waals surface area contributed by atoms with Crippen LogP contribution < -0.4 is 0 Å². The zero-order valence-corrected chi connectivity index (χ0v) is 40.6. The van der Waals surface area contributed by atoms with Gasteiger partial charge in [0.05, 0.1) is 16.6 Å². The molecule has 0 aliphatic carbocycles. The van der Waals surface area contributed by atoms with Gasteiger partial charge in [-0.15, -0.1) is 29.3 Å². The minimum absolute atomic E-state index is 0. The van der Waals surface area contributed by atoms with Crippen molar-refractivity contribution < 1.29 is 26.2 Å². The number of phenolic OH excluding ortho intramolecular Hbond substituents is 1. The normalized spacial score (nSPS) is 12.4. The number of aromatic hydroxyl groups is 1. The Morgan fingerprint density at radius 3 is 1.81 bits per heavy atom. The molecular formula is C57H57N4OPt-. The number of fused-ring (bicyclic) bond motifs is 4. The summed E-state index contributed by atoms with van der Waals surface area (Å²) in [6, 6.07) is 49.3. The van der Waals surface area contributed by atoms with E-state index in [-0.39, 0.29) is 43.1 Å². The van der Waals surface area contributed by atoms with Crippen LogP contribution in [0.15, 0.2) is 134 Å². The van der Waals surface area contributed by atoms with Crippen LogP contribution in [-0.2, 0) is 37.3 Å². The summed E-state index contributed by atoms with van der Waals surface area (Å²) in [5.41, 5.74) is 15.3. The van der Waals surface area contributed by atoms with Gasteiger partial charge in [0.1, 0.15) is 11.6 Å². The maximum atomic E-state index is 11.4. The fourth-order valence-electron chi connectivity index (χ4n) is 8.90. The van der Waals surface area contributed by atoms with E-state index in [1.165, 1.54) is 44.1 Å². The summed E-state index contributed by atoms with van der Waals surface area (Å²) in [5, 5.41) is 13.9. The fourth-order valence-corrected chi connectivity index (χ4v) is 8.90. The number of hydrogen-bond acceptors (Lipinski definition) is 3. The second kappa shape index (κ2) is 16.1. The monoisotopic (exact) mass is 1010 g/mol. The van der Waals surface area contributed by atoms with Crippen LogP contribution in [0.2, 0.25) is 0 Å². The molecule has 0 aliphatic rings. The SMILES string of the molecule is CC(C)n1c2ccccc2c2c(-c3ccnc(-c4[c-]c(-c5cccc6c5nc(-c5ccccc5O)n6-c5cc(C(C)(C)C)cc(C(C)(C)C)c5)cc(C(C)(C)C)c4)c3)cccc21.[Pt]. The quantitative estimate of drug-likeness (QED) is 0.169. The standard InChI is InChI=1S/C57H57N4O.Pt/c1-35(2)60-48-22-14-12-18-45(48)52-43(20-16-23-49(52)60)36-26-27-58-47(31-36)38-28-37(29-39(30-38)55(3,4)5)44-21-17-24-50-53(44)59-54(46-19-13-15-25-51(46)62)61(50)42-33-40(56(6,7)8)32-41(34-42)57(9,10)11;/h12-27,29-35,62H,1-11H3;/q-1;. The van der Waals surface area contributed by atoms with Crippen molar-refractivity contribution in [3.05, 3.63) is 156 Å². The molecule has 6 heteroatoms. The molecule has 0 amide bonds. The first-order valence-corrected chi connectivity index (χ1v) is 21.9. The number of para-hydroxylation sites is 3. The van der Waals surface area contributed by atoms with E-state index >= 15 is 0 Å². The van der Waals surface area contributed by atoms with Gasteiger partial charge in [0.15, 0.2) is 0 Å². The topological polar surface area (TPSA) is 55.9 Å². The van der Waals surface area contributed by atoms with E-state index in [0.29, 0.717) is 17.4 Å². The molecule has 0 atom stereocenters. The zero-order valence-electron chi connectivity index (χ0n) is 38.3. The van der Waals surface area contributed by atoms with E-state index in [9.17, 15) is 5.11 Å². The number of rotatable bonds is 6. The molecule has 63 heavy (non-hydrogen) atoms. The second-order valence-electron chi connectivity index (χ2n) is 20.3. The van der Waals surface area contributed by atoms with Crippen molar-refractivity contribution >= 4 is 32.8 Å². The summed E-state index contributed by atoms with van der Waals surface area (Å²) in [6.45, 7) is 24.8. The first kappa shape index (κ1) is 43.9. The van der Waals surface area contributed by atoms with Crippen LogP contribution in [0.25, 0.3) is 83.4 Å². The first-order chi connectivity index (χ1) is 29.4. The van der Waals surface area contributed by atoms with Gasteiger partial charge in [-0.3, -0.25) is 9.55 Å². The summed E-state index contributed by atoms with van der Waals surface area (Å²) < 4.78 is 4.68. The van der Waals surface area contributed by atoms with Crippen molar-refractivity contribution in [1.82, 2.24) is 19.1 Å². The first-order valence-electron chi connectivity index (χ1n) is 21.9. The van der Waals surface area contributed by atoms with Gasteiger partial charge in [0.25, 0.3) is 0 Å². The summed E-state index contributed by atoms with van der Waals surface area (Å²) in [7, 11) is 0. The molecule has 0 bridgehead atoms. The second-order valence-corrected chi connectivity index (χ2v) is 20.3. The molecule has 0 saturated heterocycles. The number of hydrogen-bond donors (Lipinski definition) is 1. The molecular weight excluding hydrogens is 952 g/mol. The minimum Gasteiger partial charge on any atom is -0.507 e. The predicted octanol–water partition coefficient (Wildman–Crippen LogP) is 15.2. The van der Waals surface area contributed by atoms with E-state index in [1.54, 1.807) is 6.07 Å². The van der Waals surface area contributed by atoms with E-state index in [2.05, 4.69) is 194 Å². The number of phenols is 1. The maximum absolute atomic E-state index is 11.4. The van der Waals surface area contributed by atoms with Crippen LogP contribution in [0.4, 0.5) is 0 Å². The van der Waals surface area contributed by atoms with E-state index in [1.807, 2.05) is 24.4 Å². The Morgan fingerprint density at radius 1 is 0.571 bits per heavy atom. The third kappa shape index (κ3) is 7.95. The smallest absolute Gasteiger partial charge is 0.148 e. The molecule has 9 aromatic rings. The third-order valence-corrected chi connectivity index (χ3v) is 12.4. The van der Waals surface area contributed by atoms with Crippen molar-refractivity contribution in [3.63, 3.8) is 0 Å². The zero-order chi connectivity index (χ0) is 43.9. The van der Waals surface area contributed by atoms with Crippen LogP contribution in [0.3, 0.4) is 0 Å². The van der Waals surface area contributed by atoms with Gasteiger partial charge in [-0.1, -0.05) is 140 Å². The van der Waals surface area contributed by atoms with Gasteiger partial charge < -0.3 is 9.67 Å². The molecule has 0 saturated carbocycles. The number of aromatic nitrogens is 4. The minimum atomic E-state index is -0.161. The van der Waals surface area contributed by atoms with Gasteiger partial charge in [-0.25, -0.2) is 4.98 Å². The summed E-state index contributed by atoms with van der Waals surface area (Å²) >= 11 is 0. The van der Waals surface area contributed by atoms with Crippen LogP contribution >= 0.6 is 0 Å². The Hall–Kier alpha value is -5.77. The summed E-state index contributed by atoms with van der Waals surface area (Å²) in [6.07, 6.45) is 1.93. The van der Waals surface area contributed by atoms with Gasteiger partial charge in [-0.2, -0.15) is 0 Å². The molecule has 0 spiro atoms. The van der Waals surface area contributed by atoms with Crippen LogP contribution in [0, 0.1) is 6.07 Å². The van der Waals surface area contributed by atoms with E-state index < -0.39 is 0 Å². The molecule has 3 aromatic heterocycles. The molecule has 322 valence electrons. The van der Waals surface area contributed by atoms with Gasteiger partial charge in [0.2, 0.25) is 0 Å². The predicted molar refractivity (Wildman–Crippen MR) is 261 cm³/mol. The van der Waals surface area contributed by atoms with Crippen molar-refractivity contribution in [3.8, 4) is 56.3 Å². The molecule has 0 radical (unpaired) electrons. The Labute approximate surface area is 387 Å². The average Bonchev–Trinajstić information content (AvgIpc) is 3.79. The van der Waals surface area contributed by atoms with Crippen molar-refractivity contribution in [2.45, 2.75) is 98.4 Å². The van der Waals surface area contributed by atoms with Crippen LogP contribution in [-0.4, -0.2) is 24.2 Å². The largest absolute Gasteiger partial charge is 0.507 e. The molecule has 0 fully saturated rings. The maximum Gasteiger partial charge on any atom is 0.148 e. The van der Waals surface area contributed by atoms with Gasteiger partial charge in [0, 0.05) is 66.5 Å². The Kier molecular flexibility index (Phi) is 11.2. The molecule has 0 aliphatic heterocycles. The molecule has 0 unspecified atom stereocenters. The van der Waals surface area contributed by atoms with E-state index in [0.717, 1.165) is 44.7 Å². The Balaban J connectivity index is 0.00000544. The van der Waals surface area contributed by atoms with Gasteiger partial charge in [-0.05, 0) is 101 Å². The number of nitrogens with zero attached hydrogens (tertiary/aromatic N) is 4.